The maximum absolute atomic E-state index is 14.2. The molecule has 4 heteroatoms. The molecule has 1 fully saturated rings. The van der Waals surface area contributed by atoms with Crippen LogP contribution in [0.1, 0.15) is 38.3 Å². The average Bonchev–Trinajstić information content (AvgIpc) is 2.39. The monoisotopic (exact) mass is 284 g/mol. The molecule has 1 aromatic carbocycles. The Morgan fingerprint density at radius 2 is 2.16 bits per heavy atom. The first-order chi connectivity index (χ1) is 9.04. The zero-order valence-corrected chi connectivity index (χ0v) is 12.3. The van der Waals surface area contributed by atoms with Gasteiger partial charge in [-0.25, -0.2) is 4.39 Å². The molecule has 19 heavy (non-hydrogen) atoms. The summed E-state index contributed by atoms with van der Waals surface area (Å²) in [6.07, 6.45) is 2.37. The Morgan fingerprint density at radius 3 is 2.84 bits per heavy atom. The molecule has 3 unspecified atom stereocenters. The summed E-state index contributed by atoms with van der Waals surface area (Å²) in [6, 6.07) is 5.52. The van der Waals surface area contributed by atoms with Gasteiger partial charge in [-0.1, -0.05) is 30.7 Å². The van der Waals surface area contributed by atoms with Gasteiger partial charge in [0.05, 0.1) is 11.1 Å². The largest absolute Gasteiger partial charge is 0.329 e. The maximum atomic E-state index is 14.2. The molecule has 1 aromatic rings. The van der Waals surface area contributed by atoms with E-state index < -0.39 is 0 Å². The molecular formula is C15H22ClFN2. The van der Waals surface area contributed by atoms with Crippen LogP contribution in [0.25, 0.3) is 0 Å². The number of likely N-dealkylation sites (tertiary alicyclic amines) is 1. The van der Waals surface area contributed by atoms with Crippen LogP contribution in [0, 0.1) is 11.7 Å². The quantitative estimate of drug-likeness (QED) is 0.919. The highest BCUT2D eigenvalue weighted by molar-refractivity contribution is 6.30. The molecule has 0 amide bonds. The van der Waals surface area contributed by atoms with Crippen LogP contribution in [0.3, 0.4) is 0 Å². The summed E-state index contributed by atoms with van der Waals surface area (Å²) in [5, 5.41) is 0.175. The molecule has 0 bridgehead atoms. The molecule has 2 rings (SSSR count). The number of piperidine rings is 1. The molecule has 0 radical (unpaired) electrons. The number of hydrogen-bond acceptors (Lipinski definition) is 2. The Morgan fingerprint density at radius 1 is 1.42 bits per heavy atom. The van der Waals surface area contributed by atoms with Gasteiger partial charge in [0.2, 0.25) is 0 Å². The molecule has 1 aliphatic rings. The topological polar surface area (TPSA) is 29.3 Å². The van der Waals surface area contributed by atoms with Crippen molar-refractivity contribution >= 4 is 11.6 Å². The van der Waals surface area contributed by atoms with E-state index in [0.29, 0.717) is 24.1 Å². The number of rotatable bonds is 3. The third kappa shape index (κ3) is 3.10. The third-order valence-corrected chi connectivity index (χ3v) is 4.42. The Bertz CT molecular complexity index is 438. The third-order valence-electron chi connectivity index (χ3n) is 4.13. The van der Waals surface area contributed by atoms with Gasteiger partial charge in [0.1, 0.15) is 5.82 Å². The minimum absolute atomic E-state index is 0.0866. The zero-order chi connectivity index (χ0) is 14.0. The molecule has 1 aliphatic heterocycles. The van der Waals surface area contributed by atoms with Crippen LogP contribution in [0.15, 0.2) is 18.2 Å². The number of nitrogens with two attached hydrogens (primary N) is 1. The van der Waals surface area contributed by atoms with E-state index in [2.05, 4.69) is 18.7 Å². The van der Waals surface area contributed by atoms with Crippen LogP contribution in [-0.4, -0.2) is 24.0 Å². The highest BCUT2D eigenvalue weighted by Crippen LogP contribution is 2.32. The van der Waals surface area contributed by atoms with E-state index in [0.717, 1.165) is 13.0 Å². The van der Waals surface area contributed by atoms with Crippen LogP contribution < -0.4 is 5.73 Å². The Balaban J connectivity index is 2.30. The van der Waals surface area contributed by atoms with Crippen LogP contribution in [0.4, 0.5) is 4.39 Å². The van der Waals surface area contributed by atoms with E-state index in [-0.39, 0.29) is 16.9 Å². The van der Waals surface area contributed by atoms with Gasteiger partial charge >= 0.3 is 0 Å². The highest BCUT2D eigenvalue weighted by atomic mass is 35.5. The fraction of sp³-hybridized carbons (Fsp3) is 0.600. The number of halogens is 2. The van der Waals surface area contributed by atoms with Gasteiger partial charge < -0.3 is 5.73 Å². The lowest BCUT2D eigenvalue weighted by Gasteiger charge is -2.42. The number of hydrogen-bond donors (Lipinski definition) is 1. The lowest BCUT2D eigenvalue weighted by Crippen LogP contribution is -2.45. The molecular weight excluding hydrogens is 263 g/mol. The van der Waals surface area contributed by atoms with E-state index in [1.54, 1.807) is 18.2 Å². The van der Waals surface area contributed by atoms with Crippen molar-refractivity contribution in [2.75, 3.05) is 13.1 Å². The van der Waals surface area contributed by atoms with Gasteiger partial charge in [0, 0.05) is 24.7 Å². The van der Waals surface area contributed by atoms with Crippen molar-refractivity contribution in [1.29, 1.82) is 0 Å². The first-order valence-corrected chi connectivity index (χ1v) is 7.32. The fourth-order valence-corrected chi connectivity index (χ4v) is 3.16. The van der Waals surface area contributed by atoms with Crippen molar-refractivity contribution in [3.63, 3.8) is 0 Å². The van der Waals surface area contributed by atoms with Crippen molar-refractivity contribution in [2.45, 2.75) is 38.8 Å². The normalized spacial score (nSPS) is 26.4. The standard InChI is InChI=1S/C15H22ClFN2/c1-10-6-7-11(2)19(9-10)14(8-18)12-4-3-5-13(16)15(12)17/h3-5,10-11,14H,6-9,18H2,1-2H3. The van der Waals surface area contributed by atoms with Crippen molar-refractivity contribution in [2.24, 2.45) is 11.7 Å². The van der Waals surface area contributed by atoms with Crippen LogP contribution in [-0.2, 0) is 0 Å². The maximum Gasteiger partial charge on any atom is 0.146 e. The minimum Gasteiger partial charge on any atom is -0.329 e. The molecule has 1 heterocycles. The summed E-state index contributed by atoms with van der Waals surface area (Å²) in [6.45, 7) is 5.81. The predicted octanol–water partition coefficient (Wildman–Crippen LogP) is 3.60. The summed E-state index contributed by atoms with van der Waals surface area (Å²) in [5.41, 5.74) is 6.53. The fourth-order valence-electron chi connectivity index (χ4n) is 2.98. The average molecular weight is 285 g/mol. The molecule has 106 valence electrons. The van der Waals surface area contributed by atoms with E-state index in [9.17, 15) is 4.39 Å². The summed E-state index contributed by atoms with van der Waals surface area (Å²) >= 11 is 5.88. The first kappa shape index (κ1) is 14.8. The molecule has 2 nitrogen and oxygen atoms in total. The summed E-state index contributed by atoms with van der Waals surface area (Å²) in [4.78, 5) is 2.32. The Labute approximate surface area is 119 Å². The van der Waals surface area contributed by atoms with Crippen LogP contribution in [0.5, 0.6) is 0 Å². The lowest BCUT2D eigenvalue weighted by atomic mass is 9.91. The van der Waals surface area contributed by atoms with E-state index in [1.165, 1.54) is 6.42 Å². The van der Waals surface area contributed by atoms with Crippen molar-refractivity contribution < 1.29 is 4.39 Å². The minimum atomic E-state index is -0.329. The molecule has 0 aliphatic carbocycles. The van der Waals surface area contributed by atoms with Crippen molar-refractivity contribution in [3.8, 4) is 0 Å². The molecule has 0 aromatic heterocycles. The van der Waals surface area contributed by atoms with Gasteiger partial charge in [0.25, 0.3) is 0 Å². The summed E-state index contributed by atoms with van der Waals surface area (Å²) in [7, 11) is 0. The molecule has 0 saturated carbocycles. The molecule has 2 N–H and O–H groups in total. The van der Waals surface area contributed by atoms with E-state index in [1.807, 2.05) is 0 Å². The smallest absolute Gasteiger partial charge is 0.146 e. The van der Waals surface area contributed by atoms with Crippen LogP contribution >= 0.6 is 11.6 Å². The Kier molecular flexibility index (Phi) is 4.82. The number of benzene rings is 1. The molecule has 1 saturated heterocycles. The second kappa shape index (κ2) is 6.21. The van der Waals surface area contributed by atoms with E-state index in [4.69, 9.17) is 17.3 Å². The van der Waals surface area contributed by atoms with Crippen LogP contribution in [0.2, 0.25) is 5.02 Å². The second-order valence-electron chi connectivity index (χ2n) is 5.62. The van der Waals surface area contributed by atoms with Gasteiger partial charge in [-0.2, -0.15) is 0 Å². The lowest BCUT2D eigenvalue weighted by molar-refractivity contribution is 0.0782. The van der Waals surface area contributed by atoms with Crippen molar-refractivity contribution in [3.05, 3.63) is 34.6 Å². The summed E-state index contributed by atoms with van der Waals surface area (Å²) < 4.78 is 14.2. The first-order valence-electron chi connectivity index (χ1n) is 6.94. The number of nitrogens with zero attached hydrogens (tertiary/aromatic N) is 1. The second-order valence-corrected chi connectivity index (χ2v) is 6.03. The zero-order valence-electron chi connectivity index (χ0n) is 11.6. The molecule has 0 spiro atoms. The predicted molar refractivity (Wildman–Crippen MR) is 77.8 cm³/mol. The van der Waals surface area contributed by atoms with Gasteiger partial charge in [0.15, 0.2) is 0 Å². The van der Waals surface area contributed by atoms with Gasteiger partial charge in [-0.15, -0.1) is 0 Å². The summed E-state index contributed by atoms with van der Waals surface area (Å²) in [5.74, 6) is 0.303. The SMILES string of the molecule is CC1CCC(C)N(C(CN)c2cccc(Cl)c2F)C1. The molecule has 3 atom stereocenters. The highest BCUT2D eigenvalue weighted by Gasteiger charge is 2.30. The Hall–Kier alpha value is -0.640. The van der Waals surface area contributed by atoms with Gasteiger partial charge in [-0.3, -0.25) is 4.90 Å². The van der Waals surface area contributed by atoms with Gasteiger partial charge in [-0.05, 0) is 31.7 Å². The van der Waals surface area contributed by atoms with E-state index >= 15 is 0 Å². The van der Waals surface area contributed by atoms with Crippen molar-refractivity contribution in [1.82, 2.24) is 4.90 Å².